The SMILES string of the molecule is COCCSCC(=O)NC(C)(C)CC(=O)O. The molecule has 0 unspecified atom stereocenters. The molecule has 0 saturated carbocycles. The van der Waals surface area contributed by atoms with Gasteiger partial charge in [-0.3, -0.25) is 9.59 Å². The Kier molecular flexibility index (Phi) is 7.16. The highest BCUT2D eigenvalue weighted by atomic mass is 32.2. The lowest BCUT2D eigenvalue weighted by atomic mass is 10.0. The van der Waals surface area contributed by atoms with Gasteiger partial charge in [0.15, 0.2) is 0 Å². The van der Waals surface area contributed by atoms with Crippen molar-refractivity contribution in [3.05, 3.63) is 0 Å². The van der Waals surface area contributed by atoms with Crippen molar-refractivity contribution in [1.82, 2.24) is 5.32 Å². The van der Waals surface area contributed by atoms with Crippen molar-refractivity contribution < 1.29 is 19.4 Å². The number of methoxy groups -OCH3 is 1. The maximum atomic E-state index is 11.4. The maximum absolute atomic E-state index is 11.4. The Morgan fingerprint density at radius 1 is 1.44 bits per heavy atom. The van der Waals surface area contributed by atoms with Crippen molar-refractivity contribution in [2.75, 3.05) is 25.2 Å². The number of rotatable bonds is 8. The van der Waals surface area contributed by atoms with Crippen LogP contribution in [0.2, 0.25) is 0 Å². The van der Waals surface area contributed by atoms with E-state index in [0.717, 1.165) is 5.75 Å². The third-order valence-electron chi connectivity index (χ3n) is 1.74. The normalized spacial score (nSPS) is 11.2. The summed E-state index contributed by atoms with van der Waals surface area (Å²) in [7, 11) is 1.61. The zero-order valence-electron chi connectivity index (χ0n) is 9.91. The number of thioether (sulfide) groups is 1. The molecule has 2 N–H and O–H groups in total. The number of carbonyl (C=O) groups is 2. The van der Waals surface area contributed by atoms with E-state index in [9.17, 15) is 9.59 Å². The number of nitrogens with one attached hydrogen (secondary N) is 1. The molecule has 0 aliphatic carbocycles. The van der Waals surface area contributed by atoms with E-state index < -0.39 is 11.5 Å². The van der Waals surface area contributed by atoms with Gasteiger partial charge < -0.3 is 15.2 Å². The fraction of sp³-hybridized carbons (Fsp3) is 0.800. The van der Waals surface area contributed by atoms with Crippen LogP contribution in [0.4, 0.5) is 0 Å². The highest BCUT2D eigenvalue weighted by Gasteiger charge is 2.23. The largest absolute Gasteiger partial charge is 0.481 e. The minimum Gasteiger partial charge on any atom is -0.481 e. The quantitative estimate of drug-likeness (QED) is 0.620. The van der Waals surface area contributed by atoms with E-state index in [4.69, 9.17) is 9.84 Å². The summed E-state index contributed by atoms with van der Waals surface area (Å²) in [5.74, 6) is 0.0140. The van der Waals surface area contributed by atoms with E-state index in [0.29, 0.717) is 12.4 Å². The summed E-state index contributed by atoms with van der Waals surface area (Å²) in [5, 5.41) is 11.3. The Morgan fingerprint density at radius 2 is 2.06 bits per heavy atom. The van der Waals surface area contributed by atoms with Crippen molar-refractivity contribution in [2.24, 2.45) is 0 Å². The van der Waals surface area contributed by atoms with Crippen LogP contribution in [0.15, 0.2) is 0 Å². The molecule has 0 rings (SSSR count). The fourth-order valence-corrected chi connectivity index (χ4v) is 1.83. The second-order valence-electron chi connectivity index (χ2n) is 4.05. The van der Waals surface area contributed by atoms with Crippen LogP contribution in [0.25, 0.3) is 0 Å². The van der Waals surface area contributed by atoms with Gasteiger partial charge in [0.2, 0.25) is 5.91 Å². The van der Waals surface area contributed by atoms with Gasteiger partial charge in [-0.2, -0.15) is 0 Å². The number of carboxylic acids is 1. The van der Waals surface area contributed by atoms with Gasteiger partial charge in [-0.1, -0.05) is 0 Å². The Hall–Kier alpha value is -0.750. The van der Waals surface area contributed by atoms with Crippen LogP contribution in [0.3, 0.4) is 0 Å². The average Bonchev–Trinajstić information content (AvgIpc) is 2.09. The number of aliphatic carboxylic acids is 1. The minimum atomic E-state index is -0.919. The van der Waals surface area contributed by atoms with E-state index in [-0.39, 0.29) is 12.3 Å². The Morgan fingerprint density at radius 3 is 2.56 bits per heavy atom. The van der Waals surface area contributed by atoms with Crippen molar-refractivity contribution in [3.63, 3.8) is 0 Å². The summed E-state index contributed by atoms with van der Waals surface area (Å²) in [6, 6.07) is 0. The zero-order chi connectivity index (χ0) is 12.6. The molecule has 0 aliphatic rings. The Bertz CT molecular complexity index is 243. The van der Waals surface area contributed by atoms with E-state index in [1.807, 2.05) is 0 Å². The van der Waals surface area contributed by atoms with Gasteiger partial charge in [0.1, 0.15) is 0 Å². The van der Waals surface area contributed by atoms with Gasteiger partial charge in [0.05, 0.1) is 18.8 Å². The smallest absolute Gasteiger partial charge is 0.305 e. The lowest BCUT2D eigenvalue weighted by molar-refractivity contribution is -0.138. The van der Waals surface area contributed by atoms with Crippen LogP contribution in [0.1, 0.15) is 20.3 Å². The summed E-state index contributed by atoms with van der Waals surface area (Å²) in [6.45, 7) is 3.99. The fourth-order valence-electron chi connectivity index (χ4n) is 1.14. The monoisotopic (exact) mass is 249 g/mol. The van der Waals surface area contributed by atoms with E-state index in [1.165, 1.54) is 11.8 Å². The van der Waals surface area contributed by atoms with Crippen molar-refractivity contribution in [1.29, 1.82) is 0 Å². The topological polar surface area (TPSA) is 75.6 Å². The first-order valence-corrected chi connectivity index (χ1v) is 6.12. The molecular formula is C10H19NO4S. The summed E-state index contributed by atoms with van der Waals surface area (Å²) in [6.07, 6.45) is -0.0819. The van der Waals surface area contributed by atoms with Crippen molar-refractivity contribution in [3.8, 4) is 0 Å². The van der Waals surface area contributed by atoms with Crippen molar-refractivity contribution in [2.45, 2.75) is 25.8 Å². The first-order chi connectivity index (χ1) is 7.37. The highest BCUT2D eigenvalue weighted by molar-refractivity contribution is 7.99. The predicted octanol–water partition coefficient (Wildman–Crippen LogP) is 0.735. The lowest BCUT2D eigenvalue weighted by Crippen LogP contribution is -2.45. The molecule has 94 valence electrons. The first kappa shape index (κ1) is 15.2. The summed E-state index contributed by atoms with van der Waals surface area (Å²) in [5.41, 5.74) is -0.704. The van der Waals surface area contributed by atoms with E-state index >= 15 is 0 Å². The number of ether oxygens (including phenoxy) is 1. The van der Waals surface area contributed by atoms with Gasteiger partial charge >= 0.3 is 5.97 Å². The number of amides is 1. The summed E-state index contributed by atoms with van der Waals surface area (Å²) < 4.78 is 4.85. The van der Waals surface area contributed by atoms with Gasteiger partial charge in [0, 0.05) is 18.4 Å². The second kappa shape index (κ2) is 7.51. The molecule has 0 fully saturated rings. The number of carbonyl (C=O) groups excluding carboxylic acids is 1. The molecule has 5 nitrogen and oxygen atoms in total. The van der Waals surface area contributed by atoms with Crippen LogP contribution in [-0.2, 0) is 14.3 Å². The molecule has 0 spiro atoms. The average molecular weight is 249 g/mol. The van der Waals surface area contributed by atoms with Gasteiger partial charge in [0.25, 0.3) is 0 Å². The molecule has 1 amide bonds. The molecule has 0 aromatic heterocycles. The first-order valence-electron chi connectivity index (χ1n) is 4.97. The van der Waals surface area contributed by atoms with E-state index in [2.05, 4.69) is 5.32 Å². The number of hydrogen-bond donors (Lipinski definition) is 2. The standard InChI is InChI=1S/C10H19NO4S/c1-10(2,6-9(13)14)11-8(12)7-16-5-4-15-3/h4-7H2,1-3H3,(H,11,12)(H,13,14). The molecule has 0 bridgehead atoms. The highest BCUT2D eigenvalue weighted by Crippen LogP contribution is 2.09. The van der Waals surface area contributed by atoms with Gasteiger partial charge in [-0.15, -0.1) is 11.8 Å². The predicted molar refractivity (Wildman–Crippen MR) is 63.7 cm³/mol. The molecule has 0 aromatic carbocycles. The third-order valence-corrected chi connectivity index (χ3v) is 2.66. The molecule has 0 radical (unpaired) electrons. The molecule has 0 saturated heterocycles. The van der Waals surface area contributed by atoms with Crippen LogP contribution >= 0.6 is 11.8 Å². The minimum absolute atomic E-state index is 0.0819. The Labute approximate surface area is 99.9 Å². The molecule has 0 heterocycles. The lowest BCUT2D eigenvalue weighted by Gasteiger charge is -2.24. The summed E-state index contributed by atoms with van der Waals surface area (Å²) in [4.78, 5) is 22.0. The van der Waals surface area contributed by atoms with E-state index in [1.54, 1.807) is 21.0 Å². The Balaban J connectivity index is 3.80. The summed E-state index contributed by atoms with van der Waals surface area (Å²) >= 11 is 1.46. The number of hydrogen-bond acceptors (Lipinski definition) is 4. The molecule has 0 atom stereocenters. The maximum Gasteiger partial charge on any atom is 0.305 e. The van der Waals surface area contributed by atoms with Crippen molar-refractivity contribution >= 4 is 23.6 Å². The van der Waals surface area contributed by atoms with Crippen LogP contribution in [0, 0.1) is 0 Å². The van der Waals surface area contributed by atoms with Crippen LogP contribution in [0.5, 0.6) is 0 Å². The van der Waals surface area contributed by atoms with Crippen LogP contribution in [-0.4, -0.2) is 47.7 Å². The third kappa shape index (κ3) is 8.55. The van der Waals surface area contributed by atoms with Gasteiger partial charge in [-0.25, -0.2) is 0 Å². The van der Waals surface area contributed by atoms with Gasteiger partial charge in [-0.05, 0) is 13.8 Å². The molecule has 0 aromatic rings. The molecule has 0 aliphatic heterocycles. The van der Waals surface area contributed by atoms with Crippen LogP contribution < -0.4 is 5.32 Å². The molecular weight excluding hydrogens is 230 g/mol. The zero-order valence-corrected chi connectivity index (χ0v) is 10.7. The second-order valence-corrected chi connectivity index (χ2v) is 5.15. The molecule has 6 heteroatoms. The molecule has 16 heavy (non-hydrogen) atoms. The number of carboxylic acid groups (broad SMARTS) is 1.